The van der Waals surface area contributed by atoms with E-state index in [1.54, 1.807) is 57.7 Å². The van der Waals surface area contributed by atoms with Gasteiger partial charge >= 0.3 is 12.3 Å². The number of ether oxygens (including phenoxy) is 1. The van der Waals surface area contributed by atoms with Crippen molar-refractivity contribution in [3.05, 3.63) is 35.5 Å². The number of rotatable bonds is 6. The fourth-order valence-corrected chi connectivity index (χ4v) is 6.45. The number of aromatic nitrogens is 2. The number of benzene rings is 1. The van der Waals surface area contributed by atoms with Crippen LogP contribution in [0.25, 0.3) is 0 Å². The molecule has 2 saturated heterocycles. The smallest absolute Gasteiger partial charge is 0.421 e. The molecule has 2 aromatic rings. The minimum absolute atomic E-state index is 0.00267. The van der Waals surface area contributed by atoms with E-state index >= 15 is 0 Å². The van der Waals surface area contributed by atoms with Gasteiger partial charge in [-0.25, -0.2) is 14.0 Å². The number of halogens is 3. The van der Waals surface area contributed by atoms with Gasteiger partial charge in [0.25, 0.3) is 11.3 Å². The first kappa shape index (κ1) is 33.7. The lowest BCUT2D eigenvalue weighted by Crippen LogP contribution is -2.55. The summed E-state index contributed by atoms with van der Waals surface area (Å²) in [5.74, 6) is -0.366. The van der Waals surface area contributed by atoms with Crippen LogP contribution in [0, 0.1) is 6.92 Å². The van der Waals surface area contributed by atoms with Crippen molar-refractivity contribution in [1.29, 1.82) is 0 Å². The number of piperidine rings is 2. The number of carbonyl (C=O) groups excluding carboxylic acids is 1. The molecule has 3 N–H and O–H groups in total. The molecule has 15 heteroatoms. The zero-order valence-corrected chi connectivity index (χ0v) is 26.7. The Morgan fingerprint density at radius 1 is 1.14 bits per heavy atom. The standard InChI is InChI=1S/C29H41F3N6O5S/c1-19-16-20(38(44(41)42)27(5)11-14-36(15-12-27)25(39)43-26(2,3)4)8-9-22(19)34-24-33-17-21(29(30,31)32)23(35-24)37-13-7-10-28(6,40)18-37/h8-9,16-17,40H,7,10-15,18H2,1-6H3,(H,41,42)(H,33,34,35)/t28-/m0/s1. The fraction of sp³-hybridized carbons (Fsp3) is 0.621. The largest absolute Gasteiger partial charge is 0.444 e. The van der Waals surface area contributed by atoms with Gasteiger partial charge in [0, 0.05) is 38.1 Å². The number of likely N-dealkylation sites (tertiary alicyclic amines) is 1. The van der Waals surface area contributed by atoms with Gasteiger partial charge in [-0.3, -0.25) is 8.86 Å². The third-order valence-corrected chi connectivity index (χ3v) is 8.84. The van der Waals surface area contributed by atoms with E-state index in [1.807, 2.05) is 6.92 Å². The molecule has 2 atom stereocenters. The number of alkyl halides is 3. The van der Waals surface area contributed by atoms with E-state index < -0.39 is 45.8 Å². The van der Waals surface area contributed by atoms with Gasteiger partial charge in [0.2, 0.25) is 5.95 Å². The van der Waals surface area contributed by atoms with Crippen molar-refractivity contribution in [1.82, 2.24) is 14.9 Å². The van der Waals surface area contributed by atoms with Gasteiger partial charge in [-0.2, -0.15) is 18.2 Å². The maximum Gasteiger partial charge on any atom is 0.421 e. The summed E-state index contributed by atoms with van der Waals surface area (Å²) >= 11 is -2.38. The van der Waals surface area contributed by atoms with Gasteiger partial charge in [-0.15, -0.1) is 0 Å². The average Bonchev–Trinajstić information content (AvgIpc) is 2.88. The predicted molar refractivity (Wildman–Crippen MR) is 162 cm³/mol. The monoisotopic (exact) mass is 642 g/mol. The van der Waals surface area contributed by atoms with Crippen molar-refractivity contribution < 1.29 is 36.6 Å². The molecule has 1 aromatic heterocycles. The van der Waals surface area contributed by atoms with Gasteiger partial charge in [-0.1, -0.05) is 0 Å². The van der Waals surface area contributed by atoms with Gasteiger partial charge in [-0.05, 0) is 91.0 Å². The molecule has 1 amide bonds. The van der Waals surface area contributed by atoms with Gasteiger partial charge in [0.15, 0.2) is 0 Å². The number of hydrogen-bond acceptors (Lipinski definition) is 8. The first-order valence-electron chi connectivity index (χ1n) is 14.5. The summed E-state index contributed by atoms with van der Waals surface area (Å²) in [7, 11) is 0. The van der Waals surface area contributed by atoms with E-state index in [9.17, 15) is 31.8 Å². The van der Waals surface area contributed by atoms with E-state index in [1.165, 1.54) is 9.21 Å². The lowest BCUT2D eigenvalue weighted by atomic mass is 9.89. The number of anilines is 4. The zero-order valence-electron chi connectivity index (χ0n) is 25.9. The van der Waals surface area contributed by atoms with Crippen LogP contribution < -0.4 is 14.5 Å². The van der Waals surface area contributed by atoms with E-state index in [2.05, 4.69) is 15.3 Å². The molecule has 2 fully saturated rings. The van der Waals surface area contributed by atoms with E-state index in [0.717, 1.165) is 6.20 Å². The van der Waals surface area contributed by atoms with Crippen molar-refractivity contribution in [3.63, 3.8) is 0 Å². The summed E-state index contributed by atoms with van der Waals surface area (Å²) in [5, 5.41) is 13.5. The van der Waals surface area contributed by atoms with E-state index in [0.29, 0.717) is 62.3 Å². The second-order valence-corrected chi connectivity index (χ2v) is 13.9. The third-order valence-electron chi connectivity index (χ3n) is 7.88. The third kappa shape index (κ3) is 7.91. The predicted octanol–water partition coefficient (Wildman–Crippen LogP) is 5.63. The second-order valence-electron chi connectivity index (χ2n) is 13.1. The second kappa shape index (κ2) is 12.3. The lowest BCUT2D eigenvalue weighted by molar-refractivity contribution is -0.137. The minimum atomic E-state index is -4.68. The van der Waals surface area contributed by atoms with Crippen LogP contribution in [0.4, 0.5) is 41.1 Å². The van der Waals surface area contributed by atoms with Gasteiger partial charge in [0.05, 0.1) is 16.8 Å². The topological polar surface area (TPSA) is 131 Å². The van der Waals surface area contributed by atoms with Crippen LogP contribution in [-0.2, 0) is 22.2 Å². The molecule has 4 rings (SSSR count). The number of aryl methyl sites for hydroxylation is 1. The fourth-order valence-electron chi connectivity index (χ4n) is 5.60. The van der Waals surface area contributed by atoms with Gasteiger partial charge < -0.3 is 25.0 Å². The number of nitrogens with one attached hydrogen (secondary N) is 1. The molecular weight excluding hydrogens is 601 g/mol. The zero-order chi connectivity index (χ0) is 32.7. The van der Waals surface area contributed by atoms with Crippen LogP contribution >= 0.6 is 0 Å². The molecule has 11 nitrogen and oxygen atoms in total. The Hall–Kier alpha value is -3.17. The Morgan fingerprint density at radius 3 is 2.34 bits per heavy atom. The van der Waals surface area contributed by atoms with Crippen LogP contribution in [0.1, 0.15) is 71.4 Å². The molecule has 2 aliphatic rings. The number of amides is 1. The van der Waals surface area contributed by atoms with E-state index in [-0.39, 0.29) is 18.3 Å². The van der Waals surface area contributed by atoms with Gasteiger partial charge in [0.1, 0.15) is 17.0 Å². The Labute approximate surface area is 258 Å². The first-order chi connectivity index (χ1) is 20.3. The molecule has 0 bridgehead atoms. The number of hydrogen-bond donors (Lipinski definition) is 3. The molecule has 3 heterocycles. The van der Waals surface area contributed by atoms with Crippen LogP contribution in [0.5, 0.6) is 0 Å². The van der Waals surface area contributed by atoms with Crippen molar-refractivity contribution in [2.75, 3.05) is 40.7 Å². The summed E-state index contributed by atoms with van der Waals surface area (Å²) in [4.78, 5) is 23.7. The SMILES string of the molecule is Cc1cc(N(S(=O)O)C2(C)CCN(C(=O)OC(C)(C)C)CC2)ccc1Nc1ncc(C(F)(F)F)c(N2CCC[C@](C)(O)C2)n1. The molecule has 2 aliphatic heterocycles. The first-order valence-corrected chi connectivity index (χ1v) is 15.5. The molecule has 0 spiro atoms. The summed E-state index contributed by atoms with van der Waals surface area (Å²) in [6, 6.07) is 4.99. The van der Waals surface area contributed by atoms with Crippen LogP contribution in [-0.4, -0.2) is 77.7 Å². The van der Waals surface area contributed by atoms with Crippen molar-refractivity contribution >= 4 is 40.5 Å². The molecule has 0 aliphatic carbocycles. The van der Waals surface area contributed by atoms with Crippen LogP contribution in [0.15, 0.2) is 24.4 Å². The minimum Gasteiger partial charge on any atom is -0.444 e. The molecule has 1 aromatic carbocycles. The molecule has 1 unspecified atom stereocenters. The molecule has 0 saturated carbocycles. The van der Waals surface area contributed by atoms with Crippen LogP contribution in [0.3, 0.4) is 0 Å². The van der Waals surface area contributed by atoms with E-state index in [4.69, 9.17) is 4.74 Å². The normalized spacial score (nSPS) is 21.5. The van der Waals surface area contributed by atoms with Crippen molar-refractivity contribution in [2.24, 2.45) is 0 Å². The Bertz CT molecular complexity index is 1390. The lowest BCUT2D eigenvalue weighted by Gasteiger charge is -2.45. The number of nitrogens with zero attached hydrogens (tertiary/aromatic N) is 5. The molecule has 0 radical (unpaired) electrons. The molecule has 244 valence electrons. The Balaban J connectivity index is 1.55. The number of aliphatic hydroxyl groups is 1. The summed E-state index contributed by atoms with van der Waals surface area (Å²) in [6.45, 7) is 11.6. The van der Waals surface area contributed by atoms with Crippen molar-refractivity contribution in [2.45, 2.75) is 90.1 Å². The number of β-amino-alcohol motifs (C(OH)–C–C–N with tert-alkyl or cyclic N) is 1. The summed E-state index contributed by atoms with van der Waals surface area (Å²) in [6.07, 6.45) is -2.55. The highest BCUT2D eigenvalue weighted by molar-refractivity contribution is 7.80. The quantitative estimate of drug-likeness (QED) is 0.343. The number of carbonyl (C=O) groups is 1. The van der Waals surface area contributed by atoms with Crippen molar-refractivity contribution in [3.8, 4) is 0 Å². The average molecular weight is 643 g/mol. The molecule has 44 heavy (non-hydrogen) atoms. The summed E-state index contributed by atoms with van der Waals surface area (Å²) in [5.41, 5.74) is -1.91. The highest BCUT2D eigenvalue weighted by atomic mass is 32.2. The maximum atomic E-state index is 13.8. The highest BCUT2D eigenvalue weighted by Gasteiger charge is 2.42. The molecular formula is C29H41F3N6O5S. The highest BCUT2D eigenvalue weighted by Crippen LogP contribution is 2.39. The summed E-state index contributed by atoms with van der Waals surface area (Å²) < 4.78 is 71.4. The Kier molecular flexibility index (Phi) is 9.44. The Morgan fingerprint density at radius 2 is 1.80 bits per heavy atom. The van der Waals surface area contributed by atoms with Crippen LogP contribution in [0.2, 0.25) is 0 Å². The maximum absolute atomic E-state index is 13.8.